The standard InChI is InChI=1S/C25H23ClFN3O3/c1-33-23-11-10-19(28-24(31)20-8-2-3-9-21(20)27)15-22(23)30-13-5-12-29(25(30)32)16-17-6-4-7-18(26)14-17/h2-4,6-11,14-15H,5,12-13,16H2,1H3,(H,28,31). The van der Waals surface area contributed by atoms with E-state index in [0.29, 0.717) is 41.8 Å². The average Bonchev–Trinajstić information content (AvgIpc) is 2.81. The van der Waals surface area contributed by atoms with Crippen molar-refractivity contribution in [1.82, 2.24) is 4.90 Å². The molecule has 0 atom stereocenters. The number of methoxy groups -OCH3 is 1. The third-order valence-electron chi connectivity index (χ3n) is 5.42. The number of amides is 3. The lowest BCUT2D eigenvalue weighted by atomic mass is 10.1. The number of nitrogens with one attached hydrogen (secondary N) is 1. The molecule has 1 fully saturated rings. The summed E-state index contributed by atoms with van der Waals surface area (Å²) in [5.41, 5.74) is 1.84. The van der Waals surface area contributed by atoms with Crippen LogP contribution in [-0.4, -0.2) is 37.0 Å². The van der Waals surface area contributed by atoms with Gasteiger partial charge in [0.2, 0.25) is 0 Å². The number of hydrogen-bond donors (Lipinski definition) is 1. The van der Waals surface area contributed by atoms with Gasteiger partial charge < -0.3 is 15.0 Å². The molecule has 3 aromatic carbocycles. The molecule has 170 valence electrons. The average molecular weight is 468 g/mol. The molecule has 1 saturated heterocycles. The van der Waals surface area contributed by atoms with Crippen molar-refractivity contribution in [2.45, 2.75) is 13.0 Å². The smallest absolute Gasteiger partial charge is 0.324 e. The molecular formula is C25H23ClFN3O3. The summed E-state index contributed by atoms with van der Waals surface area (Å²) >= 11 is 6.09. The van der Waals surface area contributed by atoms with Crippen molar-refractivity contribution in [2.24, 2.45) is 0 Å². The van der Waals surface area contributed by atoms with Gasteiger partial charge in [0, 0.05) is 30.3 Å². The van der Waals surface area contributed by atoms with E-state index < -0.39 is 11.7 Å². The Bertz CT molecular complexity index is 1190. The molecule has 0 bridgehead atoms. The molecule has 0 aromatic heterocycles. The van der Waals surface area contributed by atoms with Gasteiger partial charge in [0.15, 0.2) is 0 Å². The topological polar surface area (TPSA) is 61.9 Å². The molecule has 0 radical (unpaired) electrons. The van der Waals surface area contributed by atoms with E-state index >= 15 is 0 Å². The Kier molecular flexibility index (Phi) is 6.79. The maximum absolute atomic E-state index is 14.0. The molecule has 0 spiro atoms. The van der Waals surface area contributed by atoms with E-state index in [0.717, 1.165) is 12.0 Å². The van der Waals surface area contributed by atoms with Crippen LogP contribution < -0.4 is 15.0 Å². The fourth-order valence-corrected chi connectivity index (χ4v) is 4.04. The van der Waals surface area contributed by atoms with Gasteiger partial charge in [-0.25, -0.2) is 9.18 Å². The van der Waals surface area contributed by atoms with Crippen LogP contribution in [0.1, 0.15) is 22.3 Å². The second kappa shape index (κ2) is 9.92. The fourth-order valence-electron chi connectivity index (χ4n) is 3.83. The molecule has 1 heterocycles. The maximum Gasteiger partial charge on any atom is 0.324 e. The number of hydrogen-bond acceptors (Lipinski definition) is 3. The first-order chi connectivity index (χ1) is 16.0. The second-order valence-electron chi connectivity index (χ2n) is 7.66. The first-order valence-corrected chi connectivity index (χ1v) is 10.9. The summed E-state index contributed by atoms with van der Waals surface area (Å²) in [6.07, 6.45) is 0.765. The lowest BCUT2D eigenvalue weighted by Gasteiger charge is -2.36. The Hall–Kier alpha value is -3.58. The minimum absolute atomic E-state index is 0.0587. The molecule has 3 amide bonds. The first kappa shape index (κ1) is 22.6. The minimum Gasteiger partial charge on any atom is -0.495 e. The van der Waals surface area contributed by atoms with Crippen molar-refractivity contribution in [3.63, 3.8) is 0 Å². The van der Waals surface area contributed by atoms with Gasteiger partial charge in [-0.2, -0.15) is 0 Å². The van der Waals surface area contributed by atoms with Crippen LogP contribution in [0.3, 0.4) is 0 Å². The molecular weight excluding hydrogens is 445 g/mol. The Balaban J connectivity index is 1.57. The van der Waals surface area contributed by atoms with Crippen molar-refractivity contribution < 1.29 is 18.7 Å². The first-order valence-electron chi connectivity index (χ1n) is 10.5. The summed E-state index contributed by atoms with van der Waals surface area (Å²) < 4.78 is 19.5. The fraction of sp³-hybridized carbons (Fsp3) is 0.200. The number of ether oxygens (including phenoxy) is 1. The van der Waals surface area contributed by atoms with Crippen molar-refractivity contribution in [3.05, 3.63) is 88.7 Å². The van der Waals surface area contributed by atoms with E-state index in [1.807, 2.05) is 18.2 Å². The van der Waals surface area contributed by atoms with E-state index in [1.165, 1.54) is 25.3 Å². The lowest BCUT2D eigenvalue weighted by molar-refractivity contribution is 0.102. The summed E-state index contributed by atoms with van der Waals surface area (Å²) in [7, 11) is 1.52. The predicted molar refractivity (Wildman–Crippen MR) is 127 cm³/mol. The van der Waals surface area contributed by atoms with Crippen LogP contribution in [0.15, 0.2) is 66.7 Å². The summed E-state index contributed by atoms with van der Waals surface area (Å²) in [5.74, 6) is -0.680. The van der Waals surface area contributed by atoms with Crippen LogP contribution in [0.5, 0.6) is 5.75 Å². The van der Waals surface area contributed by atoms with Gasteiger partial charge in [-0.15, -0.1) is 0 Å². The molecule has 1 N–H and O–H groups in total. The van der Waals surface area contributed by atoms with Crippen molar-refractivity contribution in [1.29, 1.82) is 0 Å². The van der Waals surface area contributed by atoms with Crippen molar-refractivity contribution >= 4 is 34.9 Å². The highest BCUT2D eigenvalue weighted by Crippen LogP contribution is 2.34. The van der Waals surface area contributed by atoms with Crippen LogP contribution in [-0.2, 0) is 6.54 Å². The zero-order chi connectivity index (χ0) is 23.4. The van der Waals surface area contributed by atoms with Crippen LogP contribution >= 0.6 is 11.6 Å². The number of nitrogens with zero attached hydrogens (tertiary/aromatic N) is 2. The number of carbonyl (C=O) groups excluding carboxylic acids is 2. The normalized spacial score (nSPS) is 13.7. The highest BCUT2D eigenvalue weighted by Gasteiger charge is 2.29. The van der Waals surface area contributed by atoms with Gasteiger partial charge in [0.05, 0.1) is 18.4 Å². The molecule has 8 heteroatoms. The van der Waals surface area contributed by atoms with E-state index in [1.54, 1.807) is 40.1 Å². The molecule has 3 aromatic rings. The third-order valence-corrected chi connectivity index (χ3v) is 5.65. The third kappa shape index (κ3) is 5.09. The van der Waals surface area contributed by atoms with Crippen LogP contribution in [0, 0.1) is 5.82 Å². The second-order valence-corrected chi connectivity index (χ2v) is 8.10. The maximum atomic E-state index is 14.0. The summed E-state index contributed by atoms with van der Waals surface area (Å²) in [5, 5.41) is 3.32. The van der Waals surface area contributed by atoms with Crippen molar-refractivity contribution in [2.75, 3.05) is 30.4 Å². The van der Waals surface area contributed by atoms with E-state index in [4.69, 9.17) is 16.3 Å². The van der Waals surface area contributed by atoms with E-state index in [2.05, 4.69) is 5.32 Å². The minimum atomic E-state index is -0.605. The van der Waals surface area contributed by atoms with Gasteiger partial charge in [0.25, 0.3) is 5.91 Å². The number of halogens is 2. The summed E-state index contributed by atoms with van der Waals surface area (Å²) in [4.78, 5) is 29.2. The number of anilines is 2. The van der Waals surface area contributed by atoms with Crippen LogP contribution in [0.25, 0.3) is 0 Å². The number of rotatable bonds is 6. The van der Waals surface area contributed by atoms with E-state index in [-0.39, 0.29) is 11.6 Å². The van der Waals surface area contributed by atoms with Gasteiger partial charge in [-0.3, -0.25) is 9.69 Å². The number of carbonyl (C=O) groups is 2. The number of benzene rings is 3. The predicted octanol–water partition coefficient (Wildman–Crippen LogP) is 5.57. The van der Waals surface area contributed by atoms with Gasteiger partial charge in [0.1, 0.15) is 11.6 Å². The van der Waals surface area contributed by atoms with Crippen molar-refractivity contribution in [3.8, 4) is 5.75 Å². The molecule has 4 rings (SSSR count). The summed E-state index contributed by atoms with van der Waals surface area (Å²) in [6.45, 7) is 1.56. The Morgan fingerprint density at radius 1 is 1.09 bits per heavy atom. The molecule has 0 aliphatic carbocycles. The van der Waals surface area contributed by atoms with Crippen LogP contribution in [0.2, 0.25) is 5.02 Å². The zero-order valence-corrected chi connectivity index (χ0v) is 18.8. The monoisotopic (exact) mass is 467 g/mol. The van der Waals surface area contributed by atoms with Crippen LogP contribution in [0.4, 0.5) is 20.6 Å². The van der Waals surface area contributed by atoms with E-state index in [9.17, 15) is 14.0 Å². The molecule has 0 unspecified atom stereocenters. The molecule has 6 nitrogen and oxygen atoms in total. The SMILES string of the molecule is COc1ccc(NC(=O)c2ccccc2F)cc1N1CCCN(Cc2cccc(Cl)c2)C1=O. The molecule has 1 aliphatic heterocycles. The van der Waals surface area contributed by atoms with Gasteiger partial charge >= 0.3 is 6.03 Å². The summed E-state index contributed by atoms with van der Waals surface area (Å²) in [6, 6.07) is 18.0. The highest BCUT2D eigenvalue weighted by molar-refractivity contribution is 6.30. The molecule has 33 heavy (non-hydrogen) atoms. The largest absolute Gasteiger partial charge is 0.495 e. The Morgan fingerprint density at radius 3 is 2.67 bits per heavy atom. The Morgan fingerprint density at radius 2 is 1.91 bits per heavy atom. The van der Waals surface area contributed by atoms with Gasteiger partial charge in [-0.1, -0.05) is 35.9 Å². The molecule has 1 aliphatic rings. The number of urea groups is 1. The Labute approximate surface area is 196 Å². The van der Waals surface area contributed by atoms with Gasteiger partial charge in [-0.05, 0) is 54.4 Å². The quantitative estimate of drug-likeness (QED) is 0.515. The lowest BCUT2D eigenvalue weighted by Crippen LogP contribution is -2.49. The highest BCUT2D eigenvalue weighted by atomic mass is 35.5. The molecule has 0 saturated carbocycles. The zero-order valence-electron chi connectivity index (χ0n) is 18.1.